The molecule has 5 nitrogen and oxygen atoms in total. The molecular formula is C20H18F3N3O2. The Kier molecular flexibility index (Phi) is 5.67. The highest BCUT2D eigenvalue weighted by atomic mass is 19.1. The van der Waals surface area contributed by atoms with E-state index >= 15 is 0 Å². The second-order valence-electron chi connectivity index (χ2n) is 6.31. The second-order valence-corrected chi connectivity index (χ2v) is 6.31. The number of aromatic amines is 1. The molecule has 0 unspecified atom stereocenters. The number of amides is 2. The van der Waals surface area contributed by atoms with Gasteiger partial charge in [0.1, 0.15) is 17.5 Å². The summed E-state index contributed by atoms with van der Waals surface area (Å²) in [6, 6.07) is 7.62. The molecule has 2 amide bonds. The van der Waals surface area contributed by atoms with Crippen LogP contribution in [-0.4, -0.2) is 29.9 Å². The normalized spacial score (nSPS) is 10.9. The van der Waals surface area contributed by atoms with Crippen molar-refractivity contribution in [1.82, 2.24) is 15.6 Å². The van der Waals surface area contributed by atoms with Crippen molar-refractivity contribution in [3.05, 3.63) is 59.4 Å². The third-order valence-electron chi connectivity index (χ3n) is 4.26. The monoisotopic (exact) mass is 389 g/mol. The molecule has 3 aromatic rings. The third-order valence-corrected chi connectivity index (χ3v) is 4.26. The summed E-state index contributed by atoms with van der Waals surface area (Å²) >= 11 is 0. The fourth-order valence-corrected chi connectivity index (χ4v) is 2.99. The van der Waals surface area contributed by atoms with Gasteiger partial charge in [0, 0.05) is 30.6 Å². The van der Waals surface area contributed by atoms with Gasteiger partial charge < -0.3 is 15.6 Å². The molecule has 8 heteroatoms. The number of nitrogens with one attached hydrogen (secondary N) is 3. The molecule has 0 saturated carbocycles. The predicted molar refractivity (Wildman–Crippen MR) is 99.0 cm³/mol. The molecule has 0 radical (unpaired) electrons. The van der Waals surface area contributed by atoms with Crippen LogP contribution in [0.15, 0.2) is 36.4 Å². The first kappa shape index (κ1) is 19.5. The number of fused-ring (bicyclic) bond motifs is 1. The van der Waals surface area contributed by atoms with Gasteiger partial charge in [0.05, 0.1) is 12.1 Å². The van der Waals surface area contributed by atoms with Gasteiger partial charge in [-0.25, -0.2) is 13.2 Å². The van der Waals surface area contributed by atoms with Gasteiger partial charge in [0.2, 0.25) is 11.8 Å². The molecule has 28 heavy (non-hydrogen) atoms. The highest BCUT2D eigenvalue weighted by molar-refractivity contribution is 5.91. The molecular weight excluding hydrogens is 371 g/mol. The summed E-state index contributed by atoms with van der Waals surface area (Å²) in [6.07, 6.45) is 0.279. The quantitative estimate of drug-likeness (QED) is 0.606. The summed E-state index contributed by atoms with van der Waals surface area (Å²) < 4.78 is 41.2. The minimum atomic E-state index is -0.737. The van der Waals surface area contributed by atoms with Crippen LogP contribution in [0.1, 0.15) is 12.5 Å². The van der Waals surface area contributed by atoms with Crippen molar-refractivity contribution < 1.29 is 22.8 Å². The minimum Gasteiger partial charge on any atom is -0.354 e. The van der Waals surface area contributed by atoms with Crippen molar-refractivity contribution >= 4 is 22.7 Å². The van der Waals surface area contributed by atoms with Gasteiger partial charge in [0.25, 0.3) is 0 Å². The Labute approximate surface area is 158 Å². The summed E-state index contributed by atoms with van der Waals surface area (Å²) in [5.41, 5.74) is 1.87. The first-order valence-corrected chi connectivity index (χ1v) is 8.62. The van der Waals surface area contributed by atoms with Crippen LogP contribution in [0.5, 0.6) is 0 Å². The molecule has 0 aliphatic heterocycles. The van der Waals surface area contributed by atoms with Crippen LogP contribution in [0.4, 0.5) is 13.2 Å². The first-order valence-electron chi connectivity index (χ1n) is 8.62. The smallest absolute Gasteiger partial charge is 0.239 e. The standard InChI is InChI=1S/C20H18F3N3O2/c1-11(27)25-10-18(28)24-7-6-15-16-8-14(22)9-17(23)20(16)26-19(15)12-2-4-13(21)5-3-12/h2-5,8-9,26H,6-7,10H2,1H3,(H,24,28)(H,25,27). The predicted octanol–water partition coefficient (Wildman–Crippen LogP) is 3.05. The van der Waals surface area contributed by atoms with E-state index in [0.717, 1.165) is 6.07 Å². The van der Waals surface area contributed by atoms with E-state index in [1.54, 1.807) is 0 Å². The molecule has 3 N–H and O–H groups in total. The van der Waals surface area contributed by atoms with Crippen molar-refractivity contribution in [2.75, 3.05) is 13.1 Å². The van der Waals surface area contributed by atoms with Gasteiger partial charge in [-0.2, -0.15) is 0 Å². The van der Waals surface area contributed by atoms with Crippen molar-refractivity contribution in [3.63, 3.8) is 0 Å². The Morgan fingerprint density at radius 3 is 2.39 bits per heavy atom. The van der Waals surface area contributed by atoms with Crippen LogP contribution in [-0.2, 0) is 16.0 Å². The number of hydrogen-bond donors (Lipinski definition) is 3. The Morgan fingerprint density at radius 2 is 1.71 bits per heavy atom. The van der Waals surface area contributed by atoms with E-state index in [0.29, 0.717) is 22.2 Å². The van der Waals surface area contributed by atoms with E-state index in [1.165, 1.54) is 37.3 Å². The Morgan fingerprint density at radius 1 is 1.00 bits per heavy atom. The molecule has 0 aliphatic rings. The van der Waals surface area contributed by atoms with Gasteiger partial charge in [-0.15, -0.1) is 0 Å². The van der Waals surface area contributed by atoms with Crippen LogP contribution >= 0.6 is 0 Å². The average Bonchev–Trinajstić information content (AvgIpc) is 2.99. The van der Waals surface area contributed by atoms with Crippen LogP contribution < -0.4 is 10.6 Å². The van der Waals surface area contributed by atoms with E-state index < -0.39 is 17.5 Å². The second kappa shape index (κ2) is 8.16. The van der Waals surface area contributed by atoms with Crippen LogP contribution in [0.2, 0.25) is 0 Å². The molecule has 1 aromatic heterocycles. The molecule has 0 fully saturated rings. The van der Waals surface area contributed by atoms with Gasteiger partial charge in [-0.1, -0.05) is 0 Å². The van der Waals surface area contributed by atoms with Crippen molar-refractivity contribution in [2.45, 2.75) is 13.3 Å². The number of aromatic nitrogens is 1. The van der Waals surface area contributed by atoms with Crippen LogP contribution in [0, 0.1) is 17.5 Å². The maximum absolute atomic E-state index is 14.2. The highest BCUT2D eigenvalue weighted by Gasteiger charge is 2.17. The Bertz CT molecular complexity index is 1030. The summed E-state index contributed by atoms with van der Waals surface area (Å²) in [7, 11) is 0. The number of H-pyrrole nitrogens is 1. The number of carbonyl (C=O) groups is 2. The third kappa shape index (κ3) is 4.33. The molecule has 3 rings (SSSR count). The lowest BCUT2D eigenvalue weighted by molar-refractivity contribution is -0.125. The van der Waals surface area contributed by atoms with Gasteiger partial charge >= 0.3 is 0 Å². The fourth-order valence-electron chi connectivity index (χ4n) is 2.99. The largest absolute Gasteiger partial charge is 0.354 e. The summed E-state index contributed by atoms with van der Waals surface area (Å²) in [5.74, 6) is -2.57. The molecule has 0 atom stereocenters. The zero-order valence-electron chi connectivity index (χ0n) is 15.0. The topological polar surface area (TPSA) is 74.0 Å². The molecule has 0 spiro atoms. The zero-order chi connectivity index (χ0) is 20.3. The van der Waals surface area contributed by atoms with E-state index in [4.69, 9.17) is 0 Å². The molecule has 0 bridgehead atoms. The van der Waals surface area contributed by atoms with Gasteiger partial charge in [-0.05, 0) is 47.9 Å². The van der Waals surface area contributed by atoms with Crippen LogP contribution in [0.3, 0.4) is 0 Å². The molecule has 2 aromatic carbocycles. The number of benzene rings is 2. The van der Waals surface area contributed by atoms with E-state index in [9.17, 15) is 22.8 Å². The molecule has 1 heterocycles. The lowest BCUT2D eigenvalue weighted by Gasteiger charge is -2.08. The van der Waals surface area contributed by atoms with Crippen molar-refractivity contribution in [3.8, 4) is 11.3 Å². The lowest BCUT2D eigenvalue weighted by atomic mass is 10.0. The number of hydrogen-bond acceptors (Lipinski definition) is 2. The van der Waals surface area contributed by atoms with E-state index in [-0.39, 0.29) is 36.8 Å². The maximum Gasteiger partial charge on any atom is 0.239 e. The number of rotatable bonds is 6. The van der Waals surface area contributed by atoms with Crippen LogP contribution in [0.25, 0.3) is 22.2 Å². The fraction of sp³-hybridized carbons (Fsp3) is 0.200. The number of carbonyl (C=O) groups excluding carboxylic acids is 2. The minimum absolute atomic E-state index is 0.139. The zero-order valence-corrected chi connectivity index (χ0v) is 15.0. The van der Waals surface area contributed by atoms with E-state index in [2.05, 4.69) is 15.6 Å². The van der Waals surface area contributed by atoms with Crippen molar-refractivity contribution in [1.29, 1.82) is 0 Å². The lowest BCUT2D eigenvalue weighted by Crippen LogP contribution is -2.36. The molecule has 0 saturated heterocycles. The SMILES string of the molecule is CC(=O)NCC(=O)NCCc1c(-c2ccc(F)cc2)[nH]c2c(F)cc(F)cc12. The summed E-state index contributed by atoms with van der Waals surface area (Å²) in [4.78, 5) is 25.5. The van der Waals surface area contributed by atoms with Gasteiger partial charge in [0.15, 0.2) is 0 Å². The molecule has 146 valence electrons. The number of halogens is 3. The van der Waals surface area contributed by atoms with E-state index in [1.807, 2.05) is 0 Å². The summed E-state index contributed by atoms with van der Waals surface area (Å²) in [5, 5.41) is 5.38. The highest BCUT2D eigenvalue weighted by Crippen LogP contribution is 2.32. The van der Waals surface area contributed by atoms with Gasteiger partial charge in [-0.3, -0.25) is 9.59 Å². The Balaban J connectivity index is 1.90. The van der Waals surface area contributed by atoms with Crippen molar-refractivity contribution in [2.24, 2.45) is 0 Å². The average molecular weight is 389 g/mol. The first-order chi connectivity index (χ1) is 13.3. The maximum atomic E-state index is 14.2. The Hall–Kier alpha value is -3.29. The molecule has 0 aliphatic carbocycles. The summed E-state index contributed by atoms with van der Waals surface area (Å²) in [6.45, 7) is 1.34.